The van der Waals surface area contributed by atoms with Gasteiger partial charge in [0.05, 0.1) is 0 Å². The predicted molar refractivity (Wildman–Crippen MR) is 78.3 cm³/mol. The molecule has 2 nitrogen and oxygen atoms in total. The molecule has 0 bridgehead atoms. The Hall–Kier alpha value is -1.83. The third kappa shape index (κ3) is 2.62. The van der Waals surface area contributed by atoms with Crippen LogP contribution in [0.25, 0.3) is 0 Å². The molecule has 1 aromatic carbocycles. The second kappa shape index (κ2) is 5.43. The van der Waals surface area contributed by atoms with Crippen LogP contribution in [0.4, 0.5) is 5.69 Å². The Morgan fingerprint density at radius 3 is 2.21 bits per heavy atom. The molecule has 1 saturated heterocycles. The van der Waals surface area contributed by atoms with E-state index in [9.17, 15) is 0 Å². The van der Waals surface area contributed by atoms with Crippen molar-refractivity contribution >= 4 is 5.69 Å². The minimum Gasteiger partial charge on any atom is -0.371 e. The molecule has 1 atom stereocenters. The van der Waals surface area contributed by atoms with E-state index in [-0.39, 0.29) is 0 Å². The summed E-state index contributed by atoms with van der Waals surface area (Å²) >= 11 is 0. The van der Waals surface area contributed by atoms with Crippen LogP contribution in [0.1, 0.15) is 31.4 Å². The van der Waals surface area contributed by atoms with Gasteiger partial charge in [0.25, 0.3) is 0 Å². The van der Waals surface area contributed by atoms with Gasteiger partial charge in [0.15, 0.2) is 18.4 Å². The van der Waals surface area contributed by atoms with E-state index in [1.807, 2.05) is 0 Å². The summed E-state index contributed by atoms with van der Waals surface area (Å²) in [5.74, 6) is 0. The summed E-state index contributed by atoms with van der Waals surface area (Å²) in [6.07, 6.45) is 7.06. The van der Waals surface area contributed by atoms with Gasteiger partial charge >= 0.3 is 0 Å². The van der Waals surface area contributed by atoms with Crippen molar-refractivity contribution in [2.75, 3.05) is 18.0 Å². The molecule has 2 heterocycles. The number of aromatic nitrogens is 1. The molecule has 2 heteroatoms. The molecule has 3 rings (SSSR count). The summed E-state index contributed by atoms with van der Waals surface area (Å²) in [5.41, 5.74) is 2.70. The van der Waals surface area contributed by atoms with Crippen LogP contribution >= 0.6 is 0 Å². The Labute approximate surface area is 115 Å². The molecule has 1 aliphatic heterocycles. The minimum atomic E-state index is 0.383. The van der Waals surface area contributed by atoms with Crippen molar-refractivity contribution in [3.63, 3.8) is 0 Å². The Morgan fingerprint density at radius 2 is 1.58 bits per heavy atom. The van der Waals surface area contributed by atoms with Crippen molar-refractivity contribution in [3.8, 4) is 0 Å². The number of rotatable bonds is 3. The van der Waals surface area contributed by atoms with Gasteiger partial charge in [0.2, 0.25) is 0 Å². The Bertz CT molecular complexity index is 513. The molecule has 1 aliphatic rings. The van der Waals surface area contributed by atoms with Gasteiger partial charge in [-0.1, -0.05) is 30.3 Å². The molecule has 0 N–H and O–H groups in total. The van der Waals surface area contributed by atoms with Crippen LogP contribution in [0.2, 0.25) is 0 Å². The summed E-state index contributed by atoms with van der Waals surface area (Å²) < 4.78 is 2.27. The molecule has 19 heavy (non-hydrogen) atoms. The average Bonchev–Trinajstić information content (AvgIpc) is 3.02. The van der Waals surface area contributed by atoms with Crippen LogP contribution in [0.3, 0.4) is 0 Å². The van der Waals surface area contributed by atoms with Crippen LogP contribution in [-0.2, 0) is 0 Å². The van der Waals surface area contributed by atoms with Gasteiger partial charge in [-0.2, -0.15) is 4.57 Å². The summed E-state index contributed by atoms with van der Waals surface area (Å²) in [7, 11) is 0. The van der Waals surface area contributed by atoms with E-state index >= 15 is 0 Å². The van der Waals surface area contributed by atoms with Gasteiger partial charge < -0.3 is 4.90 Å². The first kappa shape index (κ1) is 12.2. The summed E-state index contributed by atoms with van der Waals surface area (Å²) in [4.78, 5) is 2.47. The number of pyridine rings is 1. The van der Waals surface area contributed by atoms with Gasteiger partial charge in [-0.15, -0.1) is 0 Å². The van der Waals surface area contributed by atoms with E-state index in [1.165, 1.54) is 37.2 Å². The van der Waals surface area contributed by atoms with E-state index < -0.39 is 0 Å². The van der Waals surface area contributed by atoms with Gasteiger partial charge in [0.1, 0.15) is 0 Å². The quantitative estimate of drug-likeness (QED) is 0.762. The second-order valence-electron chi connectivity index (χ2n) is 5.28. The van der Waals surface area contributed by atoms with E-state index in [0.29, 0.717) is 6.04 Å². The highest BCUT2D eigenvalue weighted by Crippen LogP contribution is 2.19. The zero-order valence-electron chi connectivity index (χ0n) is 11.5. The van der Waals surface area contributed by atoms with E-state index in [4.69, 9.17) is 0 Å². The van der Waals surface area contributed by atoms with Crippen molar-refractivity contribution < 1.29 is 4.57 Å². The van der Waals surface area contributed by atoms with E-state index in [2.05, 4.69) is 71.2 Å². The highest BCUT2D eigenvalue weighted by molar-refractivity contribution is 5.44. The molecule has 0 radical (unpaired) electrons. The van der Waals surface area contributed by atoms with Crippen LogP contribution in [-0.4, -0.2) is 13.1 Å². The highest BCUT2D eigenvalue weighted by Gasteiger charge is 2.17. The molecule has 0 saturated carbocycles. The topological polar surface area (TPSA) is 7.12 Å². The van der Waals surface area contributed by atoms with Crippen molar-refractivity contribution in [3.05, 3.63) is 60.4 Å². The lowest BCUT2D eigenvalue weighted by molar-refractivity contribution is -0.710. The molecule has 0 aliphatic carbocycles. The fourth-order valence-corrected chi connectivity index (χ4v) is 2.78. The van der Waals surface area contributed by atoms with Gasteiger partial charge in [-0.25, -0.2) is 0 Å². The Morgan fingerprint density at radius 1 is 0.947 bits per heavy atom. The number of anilines is 1. The van der Waals surface area contributed by atoms with Crippen LogP contribution in [0.15, 0.2) is 54.9 Å². The lowest BCUT2D eigenvalue weighted by Crippen LogP contribution is -2.37. The maximum Gasteiger partial charge on any atom is 0.180 e. The van der Waals surface area contributed by atoms with Crippen molar-refractivity contribution in [2.45, 2.75) is 25.8 Å². The number of hydrogen-bond donors (Lipinski definition) is 0. The van der Waals surface area contributed by atoms with Crippen molar-refractivity contribution in [1.29, 1.82) is 0 Å². The largest absolute Gasteiger partial charge is 0.371 e. The smallest absolute Gasteiger partial charge is 0.180 e. The Balaban J connectivity index is 1.78. The van der Waals surface area contributed by atoms with E-state index in [1.54, 1.807) is 0 Å². The van der Waals surface area contributed by atoms with Gasteiger partial charge in [0, 0.05) is 43.4 Å². The molecule has 0 spiro atoms. The monoisotopic (exact) mass is 253 g/mol. The zero-order chi connectivity index (χ0) is 13.1. The van der Waals surface area contributed by atoms with E-state index in [0.717, 1.165) is 0 Å². The first-order valence-corrected chi connectivity index (χ1v) is 7.15. The third-order valence-electron chi connectivity index (χ3n) is 4.04. The molecular weight excluding hydrogens is 232 g/mol. The third-order valence-corrected chi connectivity index (χ3v) is 4.04. The van der Waals surface area contributed by atoms with Crippen molar-refractivity contribution in [1.82, 2.24) is 0 Å². The molecule has 98 valence electrons. The number of hydrogen-bond acceptors (Lipinski definition) is 1. The lowest BCUT2D eigenvalue weighted by Gasteiger charge is -2.17. The molecular formula is C17H21N2+. The van der Waals surface area contributed by atoms with Crippen molar-refractivity contribution in [2.24, 2.45) is 0 Å². The molecule has 1 unspecified atom stereocenters. The molecule has 2 aromatic rings. The first-order chi connectivity index (χ1) is 9.34. The van der Waals surface area contributed by atoms with Crippen LogP contribution in [0.5, 0.6) is 0 Å². The highest BCUT2D eigenvalue weighted by atomic mass is 15.1. The molecule has 1 fully saturated rings. The number of nitrogens with zero attached hydrogens (tertiary/aromatic N) is 2. The minimum absolute atomic E-state index is 0.383. The van der Waals surface area contributed by atoms with Crippen LogP contribution < -0.4 is 9.47 Å². The average molecular weight is 253 g/mol. The summed E-state index contributed by atoms with van der Waals surface area (Å²) in [6, 6.07) is 15.5. The lowest BCUT2D eigenvalue weighted by atomic mass is 10.1. The summed E-state index contributed by atoms with van der Waals surface area (Å²) in [6.45, 7) is 4.65. The maximum atomic E-state index is 2.47. The Kier molecular flexibility index (Phi) is 3.49. The molecule has 1 aromatic heterocycles. The SMILES string of the molecule is CC(c1ccccc1)[n+]1ccc(N2CCCC2)cc1. The summed E-state index contributed by atoms with van der Waals surface area (Å²) in [5, 5.41) is 0. The number of benzene rings is 1. The first-order valence-electron chi connectivity index (χ1n) is 7.15. The molecule has 0 amide bonds. The van der Waals surface area contributed by atoms with Gasteiger partial charge in [-0.05, 0) is 12.8 Å². The van der Waals surface area contributed by atoms with Gasteiger partial charge in [-0.3, -0.25) is 0 Å². The fourth-order valence-electron chi connectivity index (χ4n) is 2.78. The predicted octanol–water partition coefficient (Wildman–Crippen LogP) is 3.18. The fraction of sp³-hybridized carbons (Fsp3) is 0.353. The second-order valence-corrected chi connectivity index (χ2v) is 5.28. The maximum absolute atomic E-state index is 2.47. The van der Waals surface area contributed by atoms with Crippen LogP contribution in [0, 0.1) is 0 Å². The standard InChI is InChI=1S/C17H21N2/c1-15(16-7-3-2-4-8-16)18-13-9-17(10-14-18)19-11-5-6-12-19/h2-4,7-10,13-15H,5-6,11-12H2,1H3/q+1. The zero-order valence-corrected chi connectivity index (χ0v) is 11.5. The normalized spacial score (nSPS) is 16.6.